The van der Waals surface area contributed by atoms with Gasteiger partial charge in [-0.2, -0.15) is 0 Å². The number of hydrogen-bond donors (Lipinski definition) is 2. The van der Waals surface area contributed by atoms with Crippen LogP contribution in [0.2, 0.25) is 5.02 Å². The van der Waals surface area contributed by atoms with E-state index in [1.165, 1.54) is 11.1 Å². The second-order valence-corrected chi connectivity index (χ2v) is 6.95. The van der Waals surface area contributed by atoms with E-state index in [0.29, 0.717) is 17.5 Å². The van der Waals surface area contributed by atoms with Crippen molar-refractivity contribution in [3.8, 4) is 0 Å². The molecule has 2 aromatic rings. The lowest BCUT2D eigenvalue weighted by atomic mass is 9.98. The highest BCUT2D eigenvalue weighted by molar-refractivity contribution is 6.30. The van der Waals surface area contributed by atoms with Crippen molar-refractivity contribution < 1.29 is 4.79 Å². The molecule has 1 atom stereocenters. The number of nitrogens with one attached hydrogen (secondary N) is 2. The van der Waals surface area contributed by atoms with Gasteiger partial charge in [0.1, 0.15) is 0 Å². The zero-order chi connectivity index (χ0) is 17.2. The number of carbonyl (C=O) groups excluding carboxylic acids is 1. The summed E-state index contributed by atoms with van der Waals surface area (Å²) >= 11 is 5.80. The first kappa shape index (κ1) is 18.9. The number of nitrogens with zero attached hydrogens (tertiary/aromatic N) is 3. The summed E-state index contributed by atoms with van der Waals surface area (Å²) in [4.78, 5) is 23.0. The summed E-state index contributed by atoms with van der Waals surface area (Å²) in [5.41, 5.74) is 3.36. The van der Waals surface area contributed by atoms with Gasteiger partial charge in [0.2, 0.25) is 5.95 Å². The summed E-state index contributed by atoms with van der Waals surface area (Å²) in [6.07, 6.45) is 4.99. The van der Waals surface area contributed by atoms with Crippen LogP contribution in [-0.2, 0) is 13.0 Å². The van der Waals surface area contributed by atoms with Gasteiger partial charge < -0.3 is 15.5 Å². The summed E-state index contributed by atoms with van der Waals surface area (Å²) in [5.74, 6) is 0.646. The molecule has 138 valence electrons. The maximum atomic E-state index is 12.8. The molecule has 6 nitrogen and oxygen atoms in total. The highest BCUT2D eigenvalue weighted by Gasteiger charge is 2.27. The number of benzene rings is 1. The lowest BCUT2D eigenvalue weighted by molar-refractivity contribution is 0.0791. The predicted molar refractivity (Wildman–Crippen MR) is 104 cm³/mol. The number of aromatic nitrogens is 2. The largest absolute Gasteiger partial charge is 0.350 e. The van der Waals surface area contributed by atoms with E-state index in [-0.39, 0.29) is 24.4 Å². The molecule has 0 aliphatic carbocycles. The van der Waals surface area contributed by atoms with Crippen LogP contribution in [0.4, 0.5) is 5.95 Å². The molecule has 0 bridgehead atoms. The Morgan fingerprint density at radius 2 is 2.08 bits per heavy atom. The van der Waals surface area contributed by atoms with Crippen molar-refractivity contribution in [2.75, 3.05) is 25.0 Å². The molecule has 0 radical (unpaired) electrons. The molecule has 0 saturated carbocycles. The molecule has 26 heavy (non-hydrogen) atoms. The number of carbonyl (C=O) groups is 1. The van der Waals surface area contributed by atoms with E-state index in [0.717, 1.165) is 38.0 Å². The highest BCUT2D eigenvalue weighted by atomic mass is 35.5. The Morgan fingerprint density at radius 3 is 2.88 bits per heavy atom. The van der Waals surface area contributed by atoms with Crippen LogP contribution in [-0.4, -0.2) is 46.5 Å². The third-order valence-corrected chi connectivity index (χ3v) is 4.96. The number of amides is 1. The van der Waals surface area contributed by atoms with Crippen molar-refractivity contribution in [1.82, 2.24) is 20.2 Å². The van der Waals surface area contributed by atoms with E-state index in [4.69, 9.17) is 11.6 Å². The molecule has 1 unspecified atom stereocenters. The molecule has 2 aliphatic heterocycles. The molecule has 2 aliphatic rings. The van der Waals surface area contributed by atoms with E-state index >= 15 is 0 Å². The van der Waals surface area contributed by atoms with Gasteiger partial charge in [0, 0.05) is 31.2 Å². The van der Waals surface area contributed by atoms with Crippen LogP contribution in [0.5, 0.6) is 0 Å². The van der Waals surface area contributed by atoms with Gasteiger partial charge in [-0.25, -0.2) is 9.97 Å². The molecule has 1 amide bonds. The maximum Gasteiger partial charge on any atom is 0.253 e. The van der Waals surface area contributed by atoms with Crippen molar-refractivity contribution in [2.24, 2.45) is 0 Å². The Balaban J connectivity index is 0.00000196. The Hall–Kier alpha value is -1.89. The standard InChI is InChI=1S/C18H20ClN5O.ClH/c19-15-9-21-18(22-10-15)23-16-4-6-24(11-16)17(25)13-1-2-14-8-20-5-3-12(14)7-13;/h1-2,7,9-10,16,20H,3-6,8,11H2,(H,21,22,23);1H. The fourth-order valence-electron chi connectivity index (χ4n) is 3.42. The van der Waals surface area contributed by atoms with E-state index in [1.54, 1.807) is 12.4 Å². The Morgan fingerprint density at radius 1 is 1.27 bits per heavy atom. The van der Waals surface area contributed by atoms with Crippen LogP contribution in [0.15, 0.2) is 30.6 Å². The molecule has 3 heterocycles. The van der Waals surface area contributed by atoms with Crippen molar-refractivity contribution >= 4 is 35.9 Å². The van der Waals surface area contributed by atoms with Crippen LogP contribution in [0.25, 0.3) is 0 Å². The van der Waals surface area contributed by atoms with Gasteiger partial charge >= 0.3 is 0 Å². The first-order valence-electron chi connectivity index (χ1n) is 8.55. The fourth-order valence-corrected chi connectivity index (χ4v) is 3.52. The molecule has 4 rings (SSSR count). The van der Waals surface area contributed by atoms with E-state index in [9.17, 15) is 4.79 Å². The monoisotopic (exact) mass is 393 g/mol. The summed E-state index contributed by atoms with van der Waals surface area (Å²) in [7, 11) is 0. The fraction of sp³-hybridized carbons (Fsp3) is 0.389. The van der Waals surface area contributed by atoms with Crippen molar-refractivity contribution in [3.63, 3.8) is 0 Å². The first-order chi connectivity index (χ1) is 12.2. The average molecular weight is 394 g/mol. The van der Waals surface area contributed by atoms with E-state index in [1.807, 2.05) is 11.0 Å². The van der Waals surface area contributed by atoms with Crippen LogP contribution in [0, 0.1) is 0 Å². The normalized spacial score (nSPS) is 18.8. The van der Waals surface area contributed by atoms with Crippen LogP contribution >= 0.6 is 24.0 Å². The molecule has 8 heteroatoms. The molecule has 2 N–H and O–H groups in total. The molecular weight excluding hydrogens is 373 g/mol. The van der Waals surface area contributed by atoms with Crippen molar-refractivity contribution in [2.45, 2.75) is 25.4 Å². The summed E-state index contributed by atoms with van der Waals surface area (Å²) in [5, 5.41) is 7.14. The third kappa shape index (κ3) is 4.09. The number of rotatable bonds is 3. The van der Waals surface area contributed by atoms with Gasteiger partial charge in [-0.15, -0.1) is 12.4 Å². The molecule has 0 spiro atoms. The van der Waals surface area contributed by atoms with Gasteiger partial charge in [0.15, 0.2) is 0 Å². The quantitative estimate of drug-likeness (QED) is 0.838. The zero-order valence-corrected chi connectivity index (χ0v) is 15.8. The predicted octanol–water partition coefficient (Wildman–Crippen LogP) is 2.52. The lowest BCUT2D eigenvalue weighted by Gasteiger charge is -2.20. The summed E-state index contributed by atoms with van der Waals surface area (Å²) in [6.45, 7) is 3.26. The topological polar surface area (TPSA) is 70.2 Å². The number of halogens is 2. The molecule has 1 fully saturated rings. The molecular formula is C18H21Cl2N5O. The summed E-state index contributed by atoms with van der Waals surface area (Å²) in [6, 6.07) is 6.23. The second kappa shape index (κ2) is 8.20. The zero-order valence-electron chi connectivity index (χ0n) is 14.2. The lowest BCUT2D eigenvalue weighted by Crippen LogP contribution is -2.32. The molecule has 1 aromatic carbocycles. The summed E-state index contributed by atoms with van der Waals surface area (Å²) < 4.78 is 0. The molecule has 1 saturated heterocycles. The highest BCUT2D eigenvalue weighted by Crippen LogP contribution is 2.20. The minimum Gasteiger partial charge on any atom is -0.350 e. The van der Waals surface area contributed by atoms with Crippen molar-refractivity contribution in [3.05, 3.63) is 52.3 Å². The van der Waals surface area contributed by atoms with E-state index < -0.39 is 0 Å². The van der Waals surface area contributed by atoms with E-state index in [2.05, 4.69) is 32.7 Å². The van der Waals surface area contributed by atoms with Gasteiger partial charge in [-0.1, -0.05) is 17.7 Å². The number of hydrogen-bond acceptors (Lipinski definition) is 5. The average Bonchev–Trinajstić information content (AvgIpc) is 3.11. The minimum absolute atomic E-state index is 0. The Labute approximate surface area is 163 Å². The number of fused-ring (bicyclic) bond motifs is 1. The Bertz CT molecular complexity index is 784. The van der Waals surface area contributed by atoms with Gasteiger partial charge in [-0.3, -0.25) is 4.79 Å². The number of anilines is 1. The maximum absolute atomic E-state index is 12.8. The van der Waals surface area contributed by atoms with Crippen LogP contribution in [0.3, 0.4) is 0 Å². The third-order valence-electron chi connectivity index (χ3n) is 4.77. The van der Waals surface area contributed by atoms with Crippen LogP contribution < -0.4 is 10.6 Å². The second-order valence-electron chi connectivity index (χ2n) is 6.52. The van der Waals surface area contributed by atoms with Gasteiger partial charge in [-0.05, 0) is 42.6 Å². The first-order valence-corrected chi connectivity index (χ1v) is 8.93. The smallest absolute Gasteiger partial charge is 0.253 e. The number of likely N-dealkylation sites (tertiary alicyclic amines) is 1. The van der Waals surface area contributed by atoms with Gasteiger partial charge in [0.25, 0.3) is 5.91 Å². The van der Waals surface area contributed by atoms with Crippen LogP contribution in [0.1, 0.15) is 27.9 Å². The van der Waals surface area contributed by atoms with Crippen molar-refractivity contribution in [1.29, 1.82) is 0 Å². The Kier molecular flexibility index (Phi) is 5.96. The molecule has 1 aromatic heterocycles. The SMILES string of the molecule is Cl.O=C(c1ccc2c(c1)CCNC2)N1CCC(Nc2ncc(Cl)cn2)C1. The van der Waals surface area contributed by atoms with Gasteiger partial charge in [0.05, 0.1) is 17.4 Å². The minimum atomic E-state index is 0.